The van der Waals surface area contributed by atoms with Crippen molar-refractivity contribution >= 4 is 0 Å². The summed E-state index contributed by atoms with van der Waals surface area (Å²) in [7, 11) is 0. The van der Waals surface area contributed by atoms with E-state index in [4.69, 9.17) is 4.74 Å². The van der Waals surface area contributed by atoms with Crippen molar-refractivity contribution in [3.63, 3.8) is 0 Å². The maximum atomic E-state index is 5.66. The zero-order chi connectivity index (χ0) is 12.8. The number of rotatable bonds is 8. The molecule has 1 fully saturated rings. The molecule has 1 aromatic heterocycles. The van der Waals surface area contributed by atoms with Crippen molar-refractivity contribution in [1.29, 1.82) is 0 Å². The SMILES string of the molecule is CC(C)CNCc1cccc(COCC2CC2)n1. The Morgan fingerprint density at radius 3 is 2.83 bits per heavy atom. The Hall–Kier alpha value is -0.930. The number of nitrogens with zero attached hydrogens (tertiary/aromatic N) is 1. The Bertz CT molecular complexity index is 338. The van der Waals surface area contributed by atoms with E-state index >= 15 is 0 Å². The largest absolute Gasteiger partial charge is 0.375 e. The molecule has 0 spiro atoms. The standard InChI is InChI=1S/C15H24N2O/c1-12(2)8-16-9-14-4-3-5-15(17-14)11-18-10-13-6-7-13/h3-5,12-13,16H,6-11H2,1-2H3. The predicted octanol–water partition coefficient (Wildman–Crippen LogP) is 2.75. The lowest BCUT2D eigenvalue weighted by Gasteiger charge is -2.08. The second kappa shape index (κ2) is 6.86. The van der Waals surface area contributed by atoms with Crippen LogP contribution in [0.5, 0.6) is 0 Å². The minimum absolute atomic E-state index is 0.647. The molecule has 1 heterocycles. The minimum Gasteiger partial charge on any atom is -0.375 e. The van der Waals surface area contributed by atoms with Crippen LogP contribution in [-0.4, -0.2) is 18.1 Å². The fraction of sp³-hybridized carbons (Fsp3) is 0.667. The number of ether oxygens (including phenoxy) is 1. The zero-order valence-corrected chi connectivity index (χ0v) is 11.5. The Morgan fingerprint density at radius 2 is 2.11 bits per heavy atom. The lowest BCUT2D eigenvalue weighted by Crippen LogP contribution is -2.19. The van der Waals surface area contributed by atoms with Gasteiger partial charge in [-0.25, -0.2) is 0 Å². The summed E-state index contributed by atoms with van der Waals surface area (Å²) in [6, 6.07) is 6.17. The number of nitrogens with one attached hydrogen (secondary N) is 1. The van der Waals surface area contributed by atoms with Gasteiger partial charge in [-0.05, 0) is 43.4 Å². The van der Waals surface area contributed by atoms with Gasteiger partial charge in [0.05, 0.1) is 18.0 Å². The number of aromatic nitrogens is 1. The number of hydrogen-bond acceptors (Lipinski definition) is 3. The average molecular weight is 248 g/mol. The van der Waals surface area contributed by atoms with Crippen LogP contribution in [0, 0.1) is 11.8 Å². The van der Waals surface area contributed by atoms with Gasteiger partial charge in [0, 0.05) is 13.2 Å². The Balaban J connectivity index is 1.72. The van der Waals surface area contributed by atoms with Gasteiger partial charge < -0.3 is 10.1 Å². The van der Waals surface area contributed by atoms with Crippen LogP contribution in [-0.2, 0) is 17.9 Å². The lowest BCUT2D eigenvalue weighted by molar-refractivity contribution is 0.108. The Morgan fingerprint density at radius 1 is 1.33 bits per heavy atom. The molecule has 0 saturated heterocycles. The van der Waals surface area contributed by atoms with E-state index in [1.54, 1.807) is 0 Å². The van der Waals surface area contributed by atoms with Crippen molar-refractivity contribution in [3.8, 4) is 0 Å². The van der Waals surface area contributed by atoms with Gasteiger partial charge >= 0.3 is 0 Å². The van der Waals surface area contributed by atoms with Crippen molar-refractivity contribution in [3.05, 3.63) is 29.6 Å². The topological polar surface area (TPSA) is 34.1 Å². The van der Waals surface area contributed by atoms with Gasteiger partial charge in [-0.15, -0.1) is 0 Å². The predicted molar refractivity (Wildman–Crippen MR) is 73.2 cm³/mol. The molecule has 0 aliphatic heterocycles. The molecule has 18 heavy (non-hydrogen) atoms. The Kier molecular flexibility index (Phi) is 5.14. The van der Waals surface area contributed by atoms with Crippen molar-refractivity contribution in [2.75, 3.05) is 13.2 Å². The summed E-state index contributed by atoms with van der Waals surface area (Å²) in [5.74, 6) is 1.50. The quantitative estimate of drug-likeness (QED) is 0.768. The molecule has 0 bridgehead atoms. The van der Waals surface area contributed by atoms with E-state index in [-0.39, 0.29) is 0 Å². The molecular formula is C15H24N2O. The first kappa shape index (κ1) is 13.5. The normalized spacial score (nSPS) is 15.3. The summed E-state index contributed by atoms with van der Waals surface area (Å²) in [4.78, 5) is 4.60. The molecule has 0 atom stereocenters. The second-order valence-electron chi connectivity index (χ2n) is 5.60. The van der Waals surface area contributed by atoms with Crippen LogP contribution < -0.4 is 5.32 Å². The molecule has 100 valence electrons. The third kappa shape index (κ3) is 5.15. The summed E-state index contributed by atoms with van der Waals surface area (Å²) < 4.78 is 5.66. The number of pyridine rings is 1. The van der Waals surface area contributed by atoms with Crippen LogP contribution in [0.15, 0.2) is 18.2 Å². The van der Waals surface area contributed by atoms with Gasteiger partial charge in [0.15, 0.2) is 0 Å². The highest BCUT2D eigenvalue weighted by molar-refractivity contribution is 5.10. The van der Waals surface area contributed by atoms with Gasteiger partial charge in [-0.3, -0.25) is 4.98 Å². The molecule has 3 heteroatoms. The van der Waals surface area contributed by atoms with Crippen LogP contribution in [0.4, 0.5) is 0 Å². The molecule has 1 aromatic rings. The summed E-state index contributed by atoms with van der Waals surface area (Å²) >= 11 is 0. The van der Waals surface area contributed by atoms with Crippen LogP contribution in [0.1, 0.15) is 38.1 Å². The van der Waals surface area contributed by atoms with Crippen LogP contribution >= 0.6 is 0 Å². The highest BCUT2D eigenvalue weighted by atomic mass is 16.5. The molecule has 2 rings (SSSR count). The first-order valence-electron chi connectivity index (χ1n) is 6.97. The summed E-state index contributed by atoms with van der Waals surface area (Å²) in [5.41, 5.74) is 2.14. The summed E-state index contributed by atoms with van der Waals surface area (Å²) in [6.07, 6.45) is 2.68. The average Bonchev–Trinajstić information content (AvgIpc) is 3.13. The third-order valence-corrected chi connectivity index (χ3v) is 3.02. The monoisotopic (exact) mass is 248 g/mol. The van der Waals surface area contributed by atoms with Crippen LogP contribution in [0.2, 0.25) is 0 Å². The highest BCUT2D eigenvalue weighted by Gasteiger charge is 2.21. The first-order valence-corrected chi connectivity index (χ1v) is 6.97. The fourth-order valence-corrected chi connectivity index (χ4v) is 1.81. The van der Waals surface area contributed by atoms with Gasteiger partial charge in [0.1, 0.15) is 0 Å². The highest BCUT2D eigenvalue weighted by Crippen LogP contribution is 2.28. The van der Waals surface area contributed by atoms with Crippen molar-refractivity contribution in [1.82, 2.24) is 10.3 Å². The van der Waals surface area contributed by atoms with Crippen LogP contribution in [0.3, 0.4) is 0 Å². The van der Waals surface area contributed by atoms with E-state index in [1.165, 1.54) is 12.8 Å². The van der Waals surface area contributed by atoms with Crippen molar-refractivity contribution < 1.29 is 4.74 Å². The summed E-state index contributed by atoms with van der Waals surface area (Å²) in [5, 5.41) is 3.41. The fourth-order valence-electron chi connectivity index (χ4n) is 1.81. The van der Waals surface area contributed by atoms with Crippen molar-refractivity contribution in [2.45, 2.75) is 39.8 Å². The van der Waals surface area contributed by atoms with Gasteiger partial charge in [0.2, 0.25) is 0 Å². The zero-order valence-electron chi connectivity index (χ0n) is 11.5. The molecule has 1 aliphatic carbocycles. The molecule has 0 unspecified atom stereocenters. The first-order chi connectivity index (χ1) is 8.74. The summed E-state index contributed by atoms with van der Waals surface area (Å²) in [6.45, 7) is 7.84. The minimum atomic E-state index is 0.647. The maximum absolute atomic E-state index is 5.66. The van der Waals surface area contributed by atoms with Gasteiger partial charge in [0.25, 0.3) is 0 Å². The molecule has 3 nitrogen and oxygen atoms in total. The van der Waals surface area contributed by atoms with E-state index < -0.39 is 0 Å². The molecular weight excluding hydrogens is 224 g/mol. The van der Waals surface area contributed by atoms with Crippen LogP contribution in [0.25, 0.3) is 0 Å². The van der Waals surface area contributed by atoms with Gasteiger partial charge in [-0.2, -0.15) is 0 Å². The molecule has 0 amide bonds. The molecule has 0 aromatic carbocycles. The van der Waals surface area contributed by atoms with Gasteiger partial charge in [-0.1, -0.05) is 19.9 Å². The Labute approximate surface area is 110 Å². The lowest BCUT2D eigenvalue weighted by atomic mass is 10.2. The van der Waals surface area contributed by atoms with Crippen molar-refractivity contribution in [2.24, 2.45) is 11.8 Å². The number of hydrogen-bond donors (Lipinski definition) is 1. The molecule has 1 aliphatic rings. The van der Waals surface area contributed by atoms with E-state index in [2.05, 4.69) is 36.3 Å². The third-order valence-electron chi connectivity index (χ3n) is 3.02. The smallest absolute Gasteiger partial charge is 0.0888 e. The second-order valence-corrected chi connectivity index (χ2v) is 5.60. The van der Waals surface area contributed by atoms with E-state index in [0.29, 0.717) is 12.5 Å². The molecule has 0 radical (unpaired) electrons. The molecule has 1 saturated carbocycles. The van der Waals surface area contributed by atoms with E-state index in [9.17, 15) is 0 Å². The van der Waals surface area contributed by atoms with E-state index in [1.807, 2.05) is 6.07 Å². The maximum Gasteiger partial charge on any atom is 0.0888 e. The molecule has 1 N–H and O–H groups in total. The van der Waals surface area contributed by atoms with E-state index in [0.717, 1.165) is 37.0 Å².